The zero-order valence-electron chi connectivity index (χ0n) is 12.8. The highest BCUT2D eigenvalue weighted by atomic mass is 15.1. The molecule has 1 fully saturated rings. The number of anilines is 1. The van der Waals surface area contributed by atoms with Crippen LogP contribution in [0.5, 0.6) is 0 Å². The van der Waals surface area contributed by atoms with Crippen LogP contribution in [0.25, 0.3) is 0 Å². The van der Waals surface area contributed by atoms with Crippen LogP contribution in [0.1, 0.15) is 29.8 Å². The zero-order chi connectivity index (χ0) is 14.7. The first-order valence-electron chi connectivity index (χ1n) is 7.67. The lowest BCUT2D eigenvalue weighted by atomic mass is 10.2. The third-order valence-corrected chi connectivity index (χ3v) is 3.86. The van der Waals surface area contributed by atoms with Crippen molar-refractivity contribution in [3.63, 3.8) is 0 Å². The number of nitrogens with one attached hydrogen (secondary N) is 1. The Morgan fingerprint density at radius 3 is 2.67 bits per heavy atom. The number of benzene rings is 1. The summed E-state index contributed by atoms with van der Waals surface area (Å²) in [6.07, 6.45) is 2.63. The zero-order valence-corrected chi connectivity index (χ0v) is 12.8. The van der Waals surface area contributed by atoms with Gasteiger partial charge in [0, 0.05) is 25.3 Å². The van der Waals surface area contributed by atoms with Crippen LogP contribution in [-0.4, -0.2) is 18.1 Å². The highest BCUT2D eigenvalue weighted by molar-refractivity contribution is 5.47. The predicted octanol–water partition coefficient (Wildman–Crippen LogP) is 3.28. The molecule has 0 amide bonds. The summed E-state index contributed by atoms with van der Waals surface area (Å²) in [7, 11) is 2.12. The first kappa shape index (κ1) is 14.1. The van der Waals surface area contributed by atoms with Crippen LogP contribution in [0.3, 0.4) is 0 Å². The van der Waals surface area contributed by atoms with Crippen LogP contribution in [-0.2, 0) is 13.1 Å². The molecular formula is C18H23N3. The normalized spacial score (nSPS) is 14.2. The Kier molecular flexibility index (Phi) is 4.20. The molecule has 1 aromatic carbocycles. The largest absolute Gasteiger partial charge is 0.369 e. The summed E-state index contributed by atoms with van der Waals surface area (Å²) < 4.78 is 0. The highest BCUT2D eigenvalue weighted by Gasteiger charge is 2.20. The minimum atomic E-state index is 0.727. The van der Waals surface area contributed by atoms with E-state index in [1.54, 1.807) is 0 Å². The van der Waals surface area contributed by atoms with Gasteiger partial charge in [-0.3, -0.25) is 4.98 Å². The van der Waals surface area contributed by atoms with E-state index >= 15 is 0 Å². The molecule has 0 atom stereocenters. The Hall–Kier alpha value is -1.87. The van der Waals surface area contributed by atoms with Gasteiger partial charge >= 0.3 is 0 Å². The molecule has 0 aliphatic heterocycles. The van der Waals surface area contributed by atoms with Gasteiger partial charge in [0.1, 0.15) is 0 Å². The van der Waals surface area contributed by atoms with Gasteiger partial charge in [0.2, 0.25) is 0 Å². The maximum Gasteiger partial charge on any atom is 0.0600 e. The molecular weight excluding hydrogens is 258 g/mol. The molecule has 2 aromatic rings. The van der Waals surface area contributed by atoms with Crippen LogP contribution in [0.4, 0.5) is 5.69 Å². The molecule has 0 saturated heterocycles. The van der Waals surface area contributed by atoms with Gasteiger partial charge in [0.25, 0.3) is 0 Å². The molecule has 1 aromatic heterocycles. The molecule has 0 radical (unpaired) electrons. The minimum absolute atomic E-state index is 0.727. The second-order valence-corrected chi connectivity index (χ2v) is 5.97. The van der Waals surface area contributed by atoms with Gasteiger partial charge in [0.15, 0.2) is 0 Å². The van der Waals surface area contributed by atoms with E-state index in [0.717, 1.165) is 30.5 Å². The van der Waals surface area contributed by atoms with E-state index in [-0.39, 0.29) is 0 Å². The molecule has 3 heteroatoms. The summed E-state index contributed by atoms with van der Waals surface area (Å²) >= 11 is 0. The molecule has 0 bridgehead atoms. The highest BCUT2D eigenvalue weighted by Crippen LogP contribution is 2.19. The van der Waals surface area contributed by atoms with E-state index in [2.05, 4.69) is 66.7 Å². The minimum Gasteiger partial charge on any atom is -0.369 e. The molecule has 3 nitrogen and oxygen atoms in total. The number of aryl methyl sites for hydroxylation is 1. The van der Waals surface area contributed by atoms with E-state index in [1.165, 1.54) is 24.1 Å². The van der Waals surface area contributed by atoms with Crippen LogP contribution >= 0.6 is 0 Å². The van der Waals surface area contributed by atoms with E-state index in [9.17, 15) is 0 Å². The Morgan fingerprint density at radius 1 is 1.14 bits per heavy atom. The van der Waals surface area contributed by atoms with E-state index in [1.807, 2.05) is 0 Å². The lowest BCUT2D eigenvalue weighted by Gasteiger charge is -2.19. The maximum absolute atomic E-state index is 4.76. The molecule has 0 unspecified atom stereocenters. The van der Waals surface area contributed by atoms with Gasteiger partial charge in [-0.15, -0.1) is 0 Å². The second kappa shape index (κ2) is 6.27. The summed E-state index contributed by atoms with van der Waals surface area (Å²) in [6.45, 7) is 3.84. The summed E-state index contributed by atoms with van der Waals surface area (Å²) in [5.74, 6) is 0. The predicted molar refractivity (Wildman–Crippen MR) is 87.4 cm³/mol. The van der Waals surface area contributed by atoms with Gasteiger partial charge < -0.3 is 10.2 Å². The summed E-state index contributed by atoms with van der Waals surface area (Å²) in [6, 6.07) is 15.6. The van der Waals surface area contributed by atoms with Gasteiger partial charge in [-0.25, -0.2) is 0 Å². The van der Waals surface area contributed by atoms with Gasteiger partial charge in [-0.05, 0) is 49.6 Å². The fourth-order valence-electron chi connectivity index (χ4n) is 2.45. The molecule has 3 rings (SSSR count). The van der Waals surface area contributed by atoms with Crippen molar-refractivity contribution in [1.29, 1.82) is 0 Å². The maximum atomic E-state index is 4.76. The molecule has 1 heterocycles. The van der Waals surface area contributed by atoms with Crippen molar-refractivity contribution in [2.24, 2.45) is 0 Å². The molecule has 1 N–H and O–H groups in total. The smallest absolute Gasteiger partial charge is 0.0600 e. The molecule has 0 spiro atoms. The average molecular weight is 281 g/mol. The number of rotatable bonds is 6. The van der Waals surface area contributed by atoms with Crippen molar-refractivity contribution in [2.45, 2.75) is 38.9 Å². The molecule has 1 aliphatic carbocycles. The Morgan fingerprint density at radius 2 is 1.90 bits per heavy atom. The van der Waals surface area contributed by atoms with E-state index in [4.69, 9.17) is 4.98 Å². The fraction of sp³-hybridized carbons (Fsp3) is 0.389. The standard InChI is InChI=1S/C18H23N3/c1-14-5-3-8-18(11-14)21(2)13-17-7-4-6-16(20-17)12-19-15-9-10-15/h3-8,11,15,19H,9-10,12-13H2,1-2H3. The quantitative estimate of drug-likeness (QED) is 0.880. The number of hydrogen-bond acceptors (Lipinski definition) is 3. The lowest BCUT2D eigenvalue weighted by molar-refractivity contribution is 0.670. The summed E-state index contributed by atoms with van der Waals surface area (Å²) in [5.41, 5.74) is 4.78. The number of hydrogen-bond donors (Lipinski definition) is 1. The Labute approximate surface area is 127 Å². The van der Waals surface area contributed by atoms with Gasteiger partial charge in [0.05, 0.1) is 17.9 Å². The molecule has 1 saturated carbocycles. The van der Waals surface area contributed by atoms with Crippen molar-refractivity contribution in [3.8, 4) is 0 Å². The second-order valence-electron chi connectivity index (χ2n) is 5.97. The van der Waals surface area contributed by atoms with Gasteiger partial charge in [-0.1, -0.05) is 18.2 Å². The fourth-order valence-corrected chi connectivity index (χ4v) is 2.45. The number of nitrogens with zero attached hydrogens (tertiary/aromatic N) is 2. The van der Waals surface area contributed by atoms with Crippen LogP contribution < -0.4 is 10.2 Å². The lowest BCUT2D eigenvalue weighted by Crippen LogP contribution is -2.19. The molecule has 1 aliphatic rings. The van der Waals surface area contributed by atoms with Crippen molar-refractivity contribution >= 4 is 5.69 Å². The third-order valence-electron chi connectivity index (χ3n) is 3.86. The topological polar surface area (TPSA) is 28.2 Å². The van der Waals surface area contributed by atoms with Crippen molar-refractivity contribution in [1.82, 2.24) is 10.3 Å². The van der Waals surface area contributed by atoms with E-state index < -0.39 is 0 Å². The molecule has 110 valence electrons. The van der Waals surface area contributed by atoms with Crippen molar-refractivity contribution < 1.29 is 0 Å². The SMILES string of the molecule is Cc1cccc(N(C)Cc2cccc(CNC3CC3)n2)c1. The first-order valence-corrected chi connectivity index (χ1v) is 7.67. The van der Waals surface area contributed by atoms with Crippen molar-refractivity contribution in [3.05, 3.63) is 59.4 Å². The molecule has 21 heavy (non-hydrogen) atoms. The Balaban J connectivity index is 1.64. The van der Waals surface area contributed by atoms with Gasteiger partial charge in [-0.2, -0.15) is 0 Å². The van der Waals surface area contributed by atoms with Crippen LogP contribution in [0, 0.1) is 6.92 Å². The van der Waals surface area contributed by atoms with Crippen LogP contribution in [0.2, 0.25) is 0 Å². The van der Waals surface area contributed by atoms with Crippen molar-refractivity contribution in [2.75, 3.05) is 11.9 Å². The van der Waals surface area contributed by atoms with E-state index in [0.29, 0.717) is 0 Å². The first-order chi connectivity index (χ1) is 10.2. The monoisotopic (exact) mass is 281 g/mol. The average Bonchev–Trinajstić information content (AvgIpc) is 3.30. The number of pyridine rings is 1. The van der Waals surface area contributed by atoms with Crippen LogP contribution in [0.15, 0.2) is 42.5 Å². The Bertz CT molecular complexity index is 605. The summed E-state index contributed by atoms with van der Waals surface area (Å²) in [4.78, 5) is 7.00. The number of aromatic nitrogens is 1. The third kappa shape index (κ3) is 4.05. The summed E-state index contributed by atoms with van der Waals surface area (Å²) in [5, 5.41) is 3.52.